The molecule has 0 aliphatic rings. The number of aliphatic hydroxyl groups is 2. The number of nitrogens with one attached hydrogen (secondary N) is 1. The molecule has 5 N–H and O–H groups in total. The second kappa shape index (κ2) is 13.6. The average Bonchev–Trinajstić information content (AvgIpc) is 2.88. The summed E-state index contributed by atoms with van der Waals surface area (Å²) in [5.74, 6) is 6.71. The van der Waals surface area contributed by atoms with Crippen molar-refractivity contribution in [3.63, 3.8) is 0 Å². The fraction of sp³-hybridized carbons (Fsp3) is 0.423. The van der Waals surface area contributed by atoms with Crippen molar-refractivity contribution in [2.45, 2.75) is 40.2 Å². The molecule has 0 aliphatic carbocycles. The van der Waals surface area contributed by atoms with E-state index in [-0.39, 0.29) is 19.0 Å². The maximum absolute atomic E-state index is 11.2. The Hall–Kier alpha value is -3.47. The van der Waals surface area contributed by atoms with Gasteiger partial charge >= 0.3 is 0 Å². The van der Waals surface area contributed by atoms with E-state index in [1.165, 1.54) is 0 Å². The van der Waals surface area contributed by atoms with Gasteiger partial charge in [0.2, 0.25) is 11.8 Å². The van der Waals surface area contributed by atoms with Gasteiger partial charge in [-0.2, -0.15) is 5.90 Å². The number of carbonyl (C=O) groups is 1. The van der Waals surface area contributed by atoms with Crippen LogP contribution in [-0.2, 0) is 16.1 Å². The van der Waals surface area contributed by atoms with Gasteiger partial charge in [0.1, 0.15) is 30.9 Å². The van der Waals surface area contributed by atoms with Crippen molar-refractivity contribution in [3.8, 4) is 5.75 Å². The van der Waals surface area contributed by atoms with Gasteiger partial charge in [0.15, 0.2) is 0 Å². The third-order valence-electron chi connectivity index (χ3n) is 5.65. The van der Waals surface area contributed by atoms with Crippen molar-refractivity contribution in [1.29, 1.82) is 0 Å². The van der Waals surface area contributed by atoms with Gasteiger partial charge in [0.05, 0.1) is 11.3 Å². The first kappa shape index (κ1) is 28.8. The molecule has 1 atom stereocenters. The van der Waals surface area contributed by atoms with E-state index in [1.807, 2.05) is 50.9 Å². The van der Waals surface area contributed by atoms with Crippen LogP contribution in [0.3, 0.4) is 0 Å². The van der Waals surface area contributed by atoms with Crippen molar-refractivity contribution in [1.82, 2.24) is 10.3 Å². The van der Waals surface area contributed by atoms with Gasteiger partial charge in [-0.15, -0.1) is 0 Å². The molecule has 2 rings (SSSR count). The van der Waals surface area contributed by atoms with E-state index in [0.29, 0.717) is 23.4 Å². The Bertz CT molecular complexity index is 1100. The molecule has 0 saturated heterocycles. The van der Waals surface area contributed by atoms with Gasteiger partial charge in [0, 0.05) is 31.9 Å². The Morgan fingerprint density at radius 3 is 2.53 bits per heavy atom. The number of carbonyl (C=O) groups excluding carboxylic acids is 1. The summed E-state index contributed by atoms with van der Waals surface area (Å²) >= 11 is 0. The summed E-state index contributed by atoms with van der Waals surface area (Å²) in [4.78, 5) is 27.3. The molecule has 1 aromatic heterocycles. The topological polar surface area (TPSA) is 143 Å². The number of amides is 1. The summed E-state index contributed by atoms with van der Waals surface area (Å²) in [5.41, 5.74) is 4.59. The van der Waals surface area contributed by atoms with Crippen LogP contribution in [0, 0.1) is 13.8 Å². The molecule has 1 heterocycles. The van der Waals surface area contributed by atoms with Crippen LogP contribution in [0.25, 0.3) is 5.70 Å². The second-order valence-corrected chi connectivity index (χ2v) is 8.42. The number of ether oxygens (including phenoxy) is 1. The molecule has 2 aromatic rings. The number of benzene rings is 1. The largest absolute Gasteiger partial charge is 0.490 e. The highest BCUT2D eigenvalue weighted by Crippen LogP contribution is 2.30. The molecule has 0 radical (unpaired) electrons. The number of rotatable bonds is 12. The molecular formula is C26H37N5O5. The van der Waals surface area contributed by atoms with E-state index < -0.39 is 18.6 Å². The van der Waals surface area contributed by atoms with E-state index in [0.717, 1.165) is 34.6 Å². The van der Waals surface area contributed by atoms with Crippen molar-refractivity contribution < 1.29 is 24.6 Å². The predicted octanol–water partition coefficient (Wildman–Crippen LogP) is 1.87. The zero-order chi connectivity index (χ0) is 26.8. The van der Waals surface area contributed by atoms with Crippen molar-refractivity contribution in [2.24, 2.45) is 10.9 Å². The minimum absolute atomic E-state index is 0.0152. The Morgan fingerprint density at radius 2 is 1.94 bits per heavy atom. The van der Waals surface area contributed by atoms with Crippen molar-refractivity contribution >= 4 is 23.3 Å². The van der Waals surface area contributed by atoms with Gasteiger partial charge in [0.25, 0.3) is 0 Å². The maximum atomic E-state index is 11.2. The number of hydrogen-bond donors (Lipinski definition) is 4. The van der Waals surface area contributed by atoms with Crippen molar-refractivity contribution in [3.05, 3.63) is 58.8 Å². The molecule has 0 fully saturated rings. The number of aliphatic imine (C=N–C) groups is 1. The minimum atomic E-state index is -0.923. The van der Waals surface area contributed by atoms with Gasteiger partial charge in [-0.3, -0.25) is 4.79 Å². The summed E-state index contributed by atoms with van der Waals surface area (Å²) < 4.78 is 5.86. The lowest BCUT2D eigenvalue weighted by Gasteiger charge is -2.19. The van der Waals surface area contributed by atoms with E-state index in [2.05, 4.69) is 28.8 Å². The quantitative estimate of drug-likeness (QED) is 0.197. The number of aliphatic hydroxyl groups excluding tert-OH is 2. The molecular weight excluding hydrogens is 462 g/mol. The zero-order valence-electron chi connectivity index (χ0n) is 21.7. The van der Waals surface area contributed by atoms with Crippen LogP contribution in [0.5, 0.6) is 5.75 Å². The second-order valence-electron chi connectivity index (χ2n) is 8.42. The van der Waals surface area contributed by atoms with Gasteiger partial charge in [-0.05, 0) is 62.1 Å². The van der Waals surface area contributed by atoms with Crippen LogP contribution in [0.1, 0.15) is 41.7 Å². The highest BCUT2D eigenvalue weighted by atomic mass is 16.6. The smallest absolute Gasteiger partial charge is 0.246 e. The third kappa shape index (κ3) is 7.51. The van der Waals surface area contributed by atoms with Crippen molar-refractivity contribution in [2.75, 3.05) is 38.3 Å². The number of pyridine rings is 1. The number of anilines is 1. The zero-order valence-corrected chi connectivity index (χ0v) is 21.7. The number of aryl methyl sites for hydroxylation is 3. The standard InChI is InChI=1S/C26H37N5O5/c1-7-19-11-20(9-16(3)24(19)35-15-22(33)13-28-23(34)14-32)18(5)30-26(36-27)21-10-17(4)25(29-12-21)31(6)8-2/h9-12,22,32-33H,5,7-8,13-15,27H2,1-4,6H3,(H,28,34)/b30-26-/t22-/m0/s1. The number of aromatic nitrogens is 1. The molecule has 196 valence electrons. The first-order chi connectivity index (χ1) is 17.1. The van der Waals surface area contributed by atoms with Crippen LogP contribution >= 0.6 is 0 Å². The predicted molar refractivity (Wildman–Crippen MR) is 141 cm³/mol. The molecule has 0 aliphatic heterocycles. The molecule has 10 heteroatoms. The summed E-state index contributed by atoms with van der Waals surface area (Å²) in [7, 11) is 1.97. The lowest BCUT2D eigenvalue weighted by atomic mass is 10.0. The molecule has 36 heavy (non-hydrogen) atoms. The summed E-state index contributed by atoms with van der Waals surface area (Å²) in [6.07, 6.45) is 1.42. The maximum Gasteiger partial charge on any atom is 0.246 e. The van der Waals surface area contributed by atoms with Gasteiger partial charge < -0.3 is 30.0 Å². The van der Waals surface area contributed by atoms with E-state index >= 15 is 0 Å². The minimum Gasteiger partial charge on any atom is -0.490 e. The molecule has 10 nitrogen and oxygen atoms in total. The van der Waals surface area contributed by atoms with Crippen LogP contribution in [0.4, 0.5) is 5.82 Å². The normalized spacial score (nSPS) is 12.2. The molecule has 0 spiro atoms. The highest BCUT2D eigenvalue weighted by molar-refractivity contribution is 5.97. The number of nitrogens with zero attached hydrogens (tertiary/aromatic N) is 3. The number of hydrogen-bond acceptors (Lipinski definition) is 9. The SMILES string of the molecule is C=C(/N=C(\ON)c1cnc(N(C)CC)c(C)c1)c1cc(C)c(OC[C@@H](O)CNC(=O)CO)c(CC)c1. The fourth-order valence-corrected chi connectivity index (χ4v) is 3.59. The summed E-state index contributed by atoms with van der Waals surface area (Å²) in [6.45, 7) is 12.2. The van der Waals surface area contributed by atoms with Crippen LogP contribution < -0.4 is 20.9 Å². The molecule has 0 unspecified atom stereocenters. The first-order valence-electron chi connectivity index (χ1n) is 11.8. The monoisotopic (exact) mass is 499 g/mol. The van der Waals surface area contributed by atoms with Crippen LogP contribution in [-0.4, -0.2) is 66.5 Å². The number of nitrogens with two attached hydrogens (primary N) is 1. The average molecular weight is 500 g/mol. The van der Waals surface area contributed by atoms with E-state index in [1.54, 1.807) is 6.20 Å². The lowest BCUT2D eigenvalue weighted by molar-refractivity contribution is -0.124. The first-order valence-corrected chi connectivity index (χ1v) is 11.8. The Labute approximate surface area is 212 Å². The Morgan fingerprint density at radius 1 is 1.25 bits per heavy atom. The molecule has 1 aromatic carbocycles. The van der Waals surface area contributed by atoms with Crippen LogP contribution in [0.2, 0.25) is 0 Å². The summed E-state index contributed by atoms with van der Waals surface area (Å²) in [6, 6.07) is 5.73. The molecule has 0 saturated carbocycles. The fourth-order valence-electron chi connectivity index (χ4n) is 3.59. The molecule has 0 bridgehead atoms. The van der Waals surface area contributed by atoms with Gasteiger partial charge in [-0.25, -0.2) is 9.98 Å². The van der Waals surface area contributed by atoms with Gasteiger partial charge in [-0.1, -0.05) is 13.5 Å². The summed E-state index contributed by atoms with van der Waals surface area (Å²) in [5, 5.41) is 21.3. The Balaban J connectivity index is 2.23. The third-order valence-corrected chi connectivity index (χ3v) is 5.65. The molecule has 1 amide bonds. The van der Waals surface area contributed by atoms with Crippen LogP contribution in [0.15, 0.2) is 36.0 Å². The van der Waals surface area contributed by atoms with E-state index in [4.69, 9.17) is 20.6 Å². The lowest BCUT2D eigenvalue weighted by Crippen LogP contribution is -2.36. The highest BCUT2D eigenvalue weighted by Gasteiger charge is 2.15. The van der Waals surface area contributed by atoms with E-state index in [9.17, 15) is 9.90 Å². The Kier molecular flexibility index (Phi) is 10.8.